The maximum atomic E-state index is 11.4. The van der Waals surface area contributed by atoms with Crippen LogP contribution in [0.4, 0.5) is 5.13 Å². The first-order valence-corrected chi connectivity index (χ1v) is 10.6. The maximum Gasteiger partial charge on any atom is 0.186 e. The van der Waals surface area contributed by atoms with Gasteiger partial charge >= 0.3 is 0 Å². The van der Waals surface area contributed by atoms with Crippen molar-refractivity contribution in [2.24, 2.45) is 0 Å². The van der Waals surface area contributed by atoms with E-state index in [-0.39, 0.29) is 0 Å². The van der Waals surface area contributed by atoms with Gasteiger partial charge in [-0.05, 0) is 42.8 Å². The molecule has 3 rings (SSSR count). The third-order valence-corrected chi connectivity index (χ3v) is 6.05. The Bertz CT molecular complexity index is 917. The Hall–Kier alpha value is -2.12. The average molecular weight is 377 g/mol. The van der Waals surface area contributed by atoms with E-state index in [9.17, 15) is 8.42 Å². The second kappa shape index (κ2) is 7.41. The standard InChI is InChI=1S/C18H20N2O3S2/c1-20(18-19-16-6-3-4-7-17(16)24-18)12-5-13-23-14-8-10-15(11-9-14)25(2,21)22/h3-4,6-11H,5,12-13H2,1-2H3. The molecule has 0 unspecified atom stereocenters. The van der Waals surface area contributed by atoms with Crippen molar-refractivity contribution in [2.75, 3.05) is 31.4 Å². The number of ether oxygens (including phenoxy) is 1. The van der Waals surface area contributed by atoms with Gasteiger partial charge < -0.3 is 9.64 Å². The third-order valence-electron chi connectivity index (χ3n) is 3.77. The average Bonchev–Trinajstić information content (AvgIpc) is 3.02. The summed E-state index contributed by atoms with van der Waals surface area (Å²) in [7, 11) is -1.14. The van der Waals surface area contributed by atoms with Crippen LogP contribution in [0.3, 0.4) is 0 Å². The molecule has 0 N–H and O–H groups in total. The Morgan fingerprint density at radius 1 is 1.12 bits per heavy atom. The summed E-state index contributed by atoms with van der Waals surface area (Å²) in [5, 5.41) is 0.999. The van der Waals surface area contributed by atoms with E-state index in [2.05, 4.69) is 16.0 Å². The van der Waals surface area contributed by atoms with Crippen LogP contribution in [0.1, 0.15) is 6.42 Å². The van der Waals surface area contributed by atoms with E-state index in [0.717, 1.165) is 23.6 Å². The Balaban J connectivity index is 1.49. The first-order chi connectivity index (χ1) is 11.9. The Morgan fingerprint density at radius 2 is 1.84 bits per heavy atom. The molecule has 1 heterocycles. The highest BCUT2D eigenvalue weighted by Crippen LogP contribution is 2.27. The summed E-state index contributed by atoms with van der Waals surface area (Å²) in [4.78, 5) is 7.06. The van der Waals surface area contributed by atoms with Gasteiger partial charge in [0.1, 0.15) is 5.75 Å². The monoisotopic (exact) mass is 376 g/mol. The van der Waals surface area contributed by atoms with Gasteiger partial charge in [0.05, 0.1) is 21.7 Å². The van der Waals surface area contributed by atoms with Crippen LogP contribution in [0.2, 0.25) is 0 Å². The number of nitrogens with zero attached hydrogens (tertiary/aromatic N) is 2. The SMILES string of the molecule is CN(CCCOc1ccc(S(C)(=O)=O)cc1)c1nc2ccccc2s1. The number of hydrogen-bond acceptors (Lipinski definition) is 6. The number of thiazole rings is 1. The van der Waals surface area contributed by atoms with Crippen LogP contribution in [0.5, 0.6) is 5.75 Å². The van der Waals surface area contributed by atoms with Gasteiger partial charge in [0, 0.05) is 19.8 Å². The lowest BCUT2D eigenvalue weighted by Crippen LogP contribution is -2.20. The molecular weight excluding hydrogens is 356 g/mol. The molecular formula is C18H20N2O3S2. The molecule has 0 radical (unpaired) electrons. The summed E-state index contributed by atoms with van der Waals surface area (Å²) >= 11 is 1.68. The minimum absolute atomic E-state index is 0.301. The molecule has 7 heteroatoms. The molecule has 0 saturated heterocycles. The predicted molar refractivity (Wildman–Crippen MR) is 103 cm³/mol. The molecule has 0 amide bonds. The lowest BCUT2D eigenvalue weighted by molar-refractivity contribution is 0.312. The number of fused-ring (bicyclic) bond motifs is 1. The number of aromatic nitrogens is 1. The van der Waals surface area contributed by atoms with Crippen LogP contribution in [0.15, 0.2) is 53.4 Å². The molecule has 0 aliphatic rings. The molecule has 0 bridgehead atoms. The van der Waals surface area contributed by atoms with Gasteiger partial charge in [-0.15, -0.1) is 0 Å². The van der Waals surface area contributed by atoms with Gasteiger partial charge in [-0.1, -0.05) is 23.5 Å². The molecule has 1 aromatic heterocycles. The van der Waals surface area contributed by atoms with Crippen LogP contribution in [-0.4, -0.2) is 39.9 Å². The van der Waals surface area contributed by atoms with Crippen LogP contribution in [-0.2, 0) is 9.84 Å². The number of para-hydroxylation sites is 1. The Labute approximate surface area is 151 Å². The van der Waals surface area contributed by atoms with Crippen molar-refractivity contribution in [3.63, 3.8) is 0 Å². The summed E-state index contributed by atoms with van der Waals surface area (Å²) < 4.78 is 29.7. The second-order valence-electron chi connectivity index (χ2n) is 5.83. The highest BCUT2D eigenvalue weighted by Gasteiger charge is 2.08. The van der Waals surface area contributed by atoms with Gasteiger partial charge in [-0.3, -0.25) is 0 Å². The molecule has 0 saturated carbocycles. The van der Waals surface area contributed by atoms with Crippen LogP contribution < -0.4 is 9.64 Å². The lowest BCUT2D eigenvalue weighted by atomic mass is 10.3. The number of benzene rings is 2. The number of rotatable bonds is 7. The van der Waals surface area contributed by atoms with E-state index in [1.165, 1.54) is 11.0 Å². The summed E-state index contributed by atoms with van der Waals surface area (Å²) in [5.41, 5.74) is 1.02. The first kappa shape index (κ1) is 17.7. The Kier molecular flexibility index (Phi) is 5.24. The number of hydrogen-bond donors (Lipinski definition) is 0. The Morgan fingerprint density at radius 3 is 2.52 bits per heavy atom. The second-order valence-corrected chi connectivity index (χ2v) is 8.86. The zero-order valence-corrected chi connectivity index (χ0v) is 15.8. The molecule has 0 atom stereocenters. The van der Waals surface area contributed by atoms with E-state index >= 15 is 0 Å². The van der Waals surface area contributed by atoms with Crippen molar-refractivity contribution in [1.29, 1.82) is 0 Å². The van der Waals surface area contributed by atoms with Crippen LogP contribution in [0, 0.1) is 0 Å². The highest BCUT2D eigenvalue weighted by atomic mass is 32.2. The van der Waals surface area contributed by atoms with Gasteiger partial charge in [-0.2, -0.15) is 0 Å². The topological polar surface area (TPSA) is 59.5 Å². The van der Waals surface area contributed by atoms with Crippen LogP contribution in [0.25, 0.3) is 10.2 Å². The first-order valence-electron chi connectivity index (χ1n) is 7.93. The summed E-state index contributed by atoms with van der Waals surface area (Å²) in [5.74, 6) is 0.676. The lowest BCUT2D eigenvalue weighted by Gasteiger charge is -2.15. The minimum atomic E-state index is -3.17. The van der Waals surface area contributed by atoms with Gasteiger partial charge in [0.25, 0.3) is 0 Å². The highest BCUT2D eigenvalue weighted by molar-refractivity contribution is 7.90. The van der Waals surface area contributed by atoms with Crippen molar-refractivity contribution >= 4 is 36.5 Å². The van der Waals surface area contributed by atoms with Crippen molar-refractivity contribution in [3.8, 4) is 5.75 Å². The predicted octanol–water partition coefficient (Wildman–Crippen LogP) is 3.61. The molecule has 0 fully saturated rings. The smallest absolute Gasteiger partial charge is 0.186 e. The molecule has 0 aliphatic heterocycles. The van der Waals surface area contributed by atoms with Gasteiger partial charge in [0.2, 0.25) is 0 Å². The fourth-order valence-corrected chi connectivity index (χ4v) is 3.98. The molecule has 3 aromatic rings. The van der Waals surface area contributed by atoms with Crippen molar-refractivity contribution in [1.82, 2.24) is 4.98 Å². The molecule has 5 nitrogen and oxygen atoms in total. The van der Waals surface area contributed by atoms with Crippen molar-refractivity contribution < 1.29 is 13.2 Å². The summed E-state index contributed by atoms with van der Waals surface area (Å²) in [6.45, 7) is 1.40. The van der Waals surface area contributed by atoms with E-state index in [4.69, 9.17) is 4.74 Å². The molecule has 0 spiro atoms. The molecule has 25 heavy (non-hydrogen) atoms. The van der Waals surface area contributed by atoms with Gasteiger partial charge in [0.15, 0.2) is 15.0 Å². The zero-order chi connectivity index (χ0) is 17.9. The van der Waals surface area contributed by atoms with Crippen molar-refractivity contribution in [3.05, 3.63) is 48.5 Å². The number of sulfone groups is 1. The van der Waals surface area contributed by atoms with E-state index in [1.807, 2.05) is 25.2 Å². The fraction of sp³-hybridized carbons (Fsp3) is 0.278. The zero-order valence-electron chi connectivity index (χ0n) is 14.2. The van der Waals surface area contributed by atoms with E-state index < -0.39 is 9.84 Å². The van der Waals surface area contributed by atoms with E-state index in [1.54, 1.807) is 35.6 Å². The molecule has 132 valence electrons. The summed E-state index contributed by atoms with van der Waals surface area (Å²) in [6.07, 6.45) is 2.04. The minimum Gasteiger partial charge on any atom is -0.494 e. The van der Waals surface area contributed by atoms with Crippen LogP contribution >= 0.6 is 11.3 Å². The fourth-order valence-electron chi connectivity index (χ4n) is 2.39. The third kappa shape index (κ3) is 4.49. The van der Waals surface area contributed by atoms with Gasteiger partial charge in [-0.25, -0.2) is 13.4 Å². The molecule has 2 aromatic carbocycles. The summed E-state index contributed by atoms with van der Waals surface area (Å²) in [6, 6.07) is 14.6. The van der Waals surface area contributed by atoms with Crippen molar-refractivity contribution in [2.45, 2.75) is 11.3 Å². The molecule has 0 aliphatic carbocycles. The maximum absolute atomic E-state index is 11.4. The quantitative estimate of drug-likeness (QED) is 0.590. The normalized spacial score (nSPS) is 11.6. The largest absolute Gasteiger partial charge is 0.494 e. The number of anilines is 1. The van der Waals surface area contributed by atoms with E-state index in [0.29, 0.717) is 17.3 Å².